The Hall–Kier alpha value is -2.00. The van der Waals surface area contributed by atoms with Gasteiger partial charge in [0.05, 0.1) is 13.2 Å². The van der Waals surface area contributed by atoms with Crippen LogP contribution < -0.4 is 4.90 Å². The van der Waals surface area contributed by atoms with Crippen molar-refractivity contribution in [3.8, 4) is 0 Å². The van der Waals surface area contributed by atoms with Crippen molar-refractivity contribution in [2.24, 2.45) is 11.3 Å². The van der Waals surface area contributed by atoms with Crippen LogP contribution in [0.3, 0.4) is 0 Å². The Balaban J connectivity index is 1.47. The van der Waals surface area contributed by atoms with Crippen molar-refractivity contribution in [3.05, 3.63) is 18.0 Å². The van der Waals surface area contributed by atoms with E-state index in [1.807, 2.05) is 4.68 Å². The first-order valence-electron chi connectivity index (χ1n) is 8.38. The topological polar surface area (TPSA) is 96.3 Å². The third-order valence-electron chi connectivity index (χ3n) is 5.30. The molecule has 0 amide bonds. The Morgan fingerprint density at radius 2 is 2.25 bits per heavy atom. The molecule has 4 rings (SSSR count). The zero-order chi connectivity index (χ0) is 16.7. The summed E-state index contributed by atoms with van der Waals surface area (Å²) >= 11 is 0. The highest BCUT2D eigenvalue weighted by molar-refractivity contribution is 5.33. The van der Waals surface area contributed by atoms with E-state index in [0.29, 0.717) is 17.8 Å². The first-order valence-corrected chi connectivity index (χ1v) is 8.38. The molecular formula is C15H23N7O2. The average molecular weight is 333 g/mol. The van der Waals surface area contributed by atoms with E-state index in [-0.39, 0.29) is 12.0 Å². The van der Waals surface area contributed by atoms with E-state index in [1.54, 1.807) is 13.3 Å². The predicted octanol–water partition coefficient (Wildman–Crippen LogP) is -0.0799. The van der Waals surface area contributed by atoms with E-state index in [1.165, 1.54) is 0 Å². The molecule has 4 heterocycles. The Morgan fingerprint density at radius 3 is 2.92 bits per heavy atom. The second-order valence-electron chi connectivity index (χ2n) is 6.87. The molecule has 2 aromatic rings. The van der Waals surface area contributed by atoms with Crippen LogP contribution in [0.1, 0.15) is 18.6 Å². The van der Waals surface area contributed by atoms with Crippen LogP contribution in [0.5, 0.6) is 0 Å². The fourth-order valence-electron chi connectivity index (χ4n) is 4.08. The van der Waals surface area contributed by atoms with Crippen LogP contribution in [0.15, 0.2) is 10.9 Å². The Bertz CT molecular complexity index is 714. The predicted molar refractivity (Wildman–Crippen MR) is 85.2 cm³/mol. The van der Waals surface area contributed by atoms with Crippen LogP contribution in [0, 0.1) is 18.3 Å². The third kappa shape index (κ3) is 2.48. The van der Waals surface area contributed by atoms with Gasteiger partial charge in [0, 0.05) is 45.1 Å². The SMILES string of the molecule is CCn1ncnc1CN1CC2CN(c3noc(C)n3)CC2(CO)C1. The molecule has 0 radical (unpaired) electrons. The highest BCUT2D eigenvalue weighted by Crippen LogP contribution is 2.43. The van der Waals surface area contributed by atoms with Crippen molar-refractivity contribution in [2.75, 3.05) is 37.7 Å². The smallest absolute Gasteiger partial charge is 0.266 e. The van der Waals surface area contributed by atoms with E-state index in [9.17, 15) is 5.11 Å². The second-order valence-corrected chi connectivity index (χ2v) is 6.87. The minimum Gasteiger partial charge on any atom is -0.396 e. The first-order chi connectivity index (χ1) is 11.6. The van der Waals surface area contributed by atoms with Crippen LogP contribution in [0.4, 0.5) is 5.95 Å². The zero-order valence-electron chi connectivity index (χ0n) is 14.1. The maximum Gasteiger partial charge on any atom is 0.266 e. The number of fused-ring (bicyclic) bond motifs is 1. The van der Waals surface area contributed by atoms with Gasteiger partial charge in [0.2, 0.25) is 5.89 Å². The summed E-state index contributed by atoms with van der Waals surface area (Å²) < 4.78 is 7.01. The van der Waals surface area contributed by atoms with Gasteiger partial charge in [-0.2, -0.15) is 10.1 Å². The molecule has 0 aromatic carbocycles. The number of hydrogen-bond acceptors (Lipinski definition) is 8. The van der Waals surface area contributed by atoms with Gasteiger partial charge < -0.3 is 14.5 Å². The van der Waals surface area contributed by atoms with Crippen LogP contribution in [-0.2, 0) is 13.1 Å². The van der Waals surface area contributed by atoms with Crippen LogP contribution >= 0.6 is 0 Å². The number of likely N-dealkylation sites (tertiary alicyclic amines) is 1. The summed E-state index contributed by atoms with van der Waals surface area (Å²) in [6.45, 7) is 9.00. The van der Waals surface area contributed by atoms with Crippen molar-refractivity contribution in [1.29, 1.82) is 0 Å². The molecule has 0 aliphatic carbocycles. The Kier molecular flexibility index (Phi) is 3.76. The molecule has 130 valence electrons. The lowest BCUT2D eigenvalue weighted by Crippen LogP contribution is -2.37. The number of nitrogens with zero attached hydrogens (tertiary/aromatic N) is 7. The van der Waals surface area contributed by atoms with Crippen molar-refractivity contribution in [2.45, 2.75) is 26.9 Å². The van der Waals surface area contributed by atoms with Crippen molar-refractivity contribution in [3.63, 3.8) is 0 Å². The van der Waals surface area contributed by atoms with Gasteiger partial charge in [-0.25, -0.2) is 9.67 Å². The van der Waals surface area contributed by atoms with Gasteiger partial charge >= 0.3 is 0 Å². The molecule has 2 unspecified atom stereocenters. The van der Waals surface area contributed by atoms with E-state index < -0.39 is 0 Å². The van der Waals surface area contributed by atoms with Gasteiger partial charge in [0.15, 0.2) is 0 Å². The standard InChI is InChI=1S/C15H23N7O2/c1-3-22-13(16-10-17-22)6-20-4-12-5-21(8-15(12,7-20)9-23)14-18-11(2)24-19-14/h10,12,23H,3-9H2,1-2H3. The number of aromatic nitrogens is 5. The molecule has 2 atom stereocenters. The normalized spacial score (nSPS) is 27.1. The Labute approximate surface area is 140 Å². The van der Waals surface area contributed by atoms with E-state index in [2.05, 4.69) is 36.9 Å². The van der Waals surface area contributed by atoms with Crippen LogP contribution in [-0.4, -0.2) is 67.7 Å². The average Bonchev–Trinajstić information content (AvgIpc) is 3.30. The number of aliphatic hydroxyl groups is 1. The van der Waals surface area contributed by atoms with Gasteiger partial charge in [0.1, 0.15) is 12.2 Å². The van der Waals surface area contributed by atoms with Crippen LogP contribution in [0.25, 0.3) is 0 Å². The first kappa shape index (κ1) is 15.5. The minimum absolute atomic E-state index is 0.133. The van der Waals surface area contributed by atoms with Gasteiger partial charge in [-0.3, -0.25) is 4.90 Å². The lowest BCUT2D eigenvalue weighted by molar-refractivity contribution is 0.124. The summed E-state index contributed by atoms with van der Waals surface area (Å²) in [5.74, 6) is 2.57. The summed E-state index contributed by atoms with van der Waals surface area (Å²) in [4.78, 5) is 13.2. The number of anilines is 1. The number of aliphatic hydroxyl groups excluding tert-OH is 1. The number of rotatable bonds is 5. The second kappa shape index (κ2) is 5.82. The number of aryl methyl sites for hydroxylation is 2. The molecule has 2 saturated heterocycles. The van der Waals surface area contributed by atoms with E-state index in [0.717, 1.165) is 45.1 Å². The van der Waals surface area contributed by atoms with Crippen LogP contribution in [0.2, 0.25) is 0 Å². The maximum absolute atomic E-state index is 10.1. The maximum atomic E-state index is 10.1. The highest BCUT2D eigenvalue weighted by atomic mass is 16.5. The molecule has 2 aromatic heterocycles. The fourth-order valence-corrected chi connectivity index (χ4v) is 4.08. The van der Waals surface area contributed by atoms with Gasteiger partial charge in [-0.05, 0) is 18.0 Å². The highest BCUT2D eigenvalue weighted by Gasteiger charge is 2.52. The fraction of sp³-hybridized carbons (Fsp3) is 0.733. The summed E-state index contributed by atoms with van der Waals surface area (Å²) in [7, 11) is 0. The third-order valence-corrected chi connectivity index (χ3v) is 5.30. The van der Waals surface area contributed by atoms with Crippen molar-refractivity contribution >= 4 is 5.95 Å². The number of hydrogen-bond donors (Lipinski definition) is 1. The van der Waals surface area contributed by atoms with Gasteiger partial charge in [-0.15, -0.1) is 0 Å². The van der Waals surface area contributed by atoms with Gasteiger partial charge in [0.25, 0.3) is 5.95 Å². The molecule has 2 aliphatic rings. The molecule has 1 N–H and O–H groups in total. The minimum atomic E-state index is -0.133. The molecule has 2 fully saturated rings. The lowest BCUT2D eigenvalue weighted by atomic mass is 9.82. The molecule has 24 heavy (non-hydrogen) atoms. The zero-order valence-corrected chi connectivity index (χ0v) is 14.1. The molecule has 9 heteroatoms. The summed E-state index contributed by atoms with van der Waals surface area (Å²) in [6, 6.07) is 0. The molecule has 0 bridgehead atoms. The Morgan fingerprint density at radius 1 is 1.38 bits per heavy atom. The van der Waals surface area contributed by atoms with E-state index >= 15 is 0 Å². The lowest BCUT2D eigenvalue weighted by Gasteiger charge is -2.26. The molecule has 0 saturated carbocycles. The molecule has 9 nitrogen and oxygen atoms in total. The van der Waals surface area contributed by atoms with E-state index in [4.69, 9.17) is 4.52 Å². The van der Waals surface area contributed by atoms with Gasteiger partial charge in [-0.1, -0.05) is 0 Å². The summed E-state index contributed by atoms with van der Waals surface area (Å²) in [6.07, 6.45) is 1.61. The summed E-state index contributed by atoms with van der Waals surface area (Å²) in [5.41, 5.74) is -0.133. The molecular weight excluding hydrogens is 310 g/mol. The van der Waals surface area contributed by atoms with Crippen molar-refractivity contribution < 1.29 is 9.63 Å². The molecule has 2 aliphatic heterocycles. The van der Waals surface area contributed by atoms with Crippen molar-refractivity contribution in [1.82, 2.24) is 29.8 Å². The monoisotopic (exact) mass is 333 g/mol. The largest absolute Gasteiger partial charge is 0.396 e. The molecule has 0 spiro atoms. The summed E-state index contributed by atoms with van der Waals surface area (Å²) in [5, 5.41) is 18.3. The quantitative estimate of drug-likeness (QED) is 0.812.